The monoisotopic (exact) mass is 374 g/mol. The number of morpholine rings is 1. The Kier molecular flexibility index (Phi) is 5.83. The molecule has 2 saturated heterocycles. The van der Waals surface area contributed by atoms with Crippen LogP contribution in [0.3, 0.4) is 0 Å². The molecule has 2 aliphatic rings. The van der Waals surface area contributed by atoms with Gasteiger partial charge in [-0.15, -0.1) is 0 Å². The first kappa shape index (κ1) is 18.6. The highest BCUT2D eigenvalue weighted by atomic mass is 19.1. The lowest BCUT2D eigenvalue weighted by atomic mass is 9.96. The first-order valence-electron chi connectivity index (χ1n) is 9.64. The molecule has 0 amide bonds. The number of aliphatic hydroxyl groups excluding tert-OH is 1. The number of likely N-dealkylation sites (tertiary alicyclic amines) is 1. The van der Waals surface area contributed by atoms with E-state index in [1.807, 2.05) is 12.3 Å². The van der Waals surface area contributed by atoms with Gasteiger partial charge in [0.15, 0.2) is 0 Å². The van der Waals surface area contributed by atoms with Crippen molar-refractivity contribution in [1.82, 2.24) is 19.6 Å². The summed E-state index contributed by atoms with van der Waals surface area (Å²) in [7, 11) is 0. The van der Waals surface area contributed by atoms with E-state index in [9.17, 15) is 9.50 Å². The summed E-state index contributed by atoms with van der Waals surface area (Å²) >= 11 is 0. The topological polar surface area (TPSA) is 53.8 Å². The van der Waals surface area contributed by atoms with Gasteiger partial charge in [0.1, 0.15) is 11.5 Å². The highest BCUT2D eigenvalue weighted by molar-refractivity contribution is 5.32. The smallest absolute Gasteiger partial charge is 0.148 e. The van der Waals surface area contributed by atoms with Gasteiger partial charge in [0, 0.05) is 57.6 Å². The van der Waals surface area contributed by atoms with E-state index in [2.05, 4.69) is 14.9 Å². The molecule has 2 fully saturated rings. The molecule has 0 saturated carbocycles. The summed E-state index contributed by atoms with van der Waals surface area (Å²) in [6.07, 6.45) is 3.69. The van der Waals surface area contributed by atoms with Crippen molar-refractivity contribution in [3.63, 3.8) is 0 Å². The fourth-order valence-electron chi connectivity index (χ4n) is 4.16. The average Bonchev–Trinajstić information content (AvgIpc) is 3.30. The molecule has 0 bridgehead atoms. The molecule has 0 radical (unpaired) electrons. The molecule has 2 atom stereocenters. The Hall–Kier alpha value is -1.80. The highest BCUT2D eigenvalue weighted by Crippen LogP contribution is 2.26. The first-order chi connectivity index (χ1) is 13.2. The van der Waals surface area contributed by atoms with Gasteiger partial charge in [0.25, 0.3) is 0 Å². The Morgan fingerprint density at radius 2 is 1.89 bits per heavy atom. The summed E-state index contributed by atoms with van der Waals surface area (Å²) in [5.74, 6) is 0.489. The molecule has 4 rings (SSSR count). The minimum absolute atomic E-state index is 0.222. The zero-order valence-electron chi connectivity index (χ0n) is 15.5. The number of ether oxygens (including phenoxy) is 1. The third kappa shape index (κ3) is 4.38. The van der Waals surface area contributed by atoms with E-state index in [1.165, 1.54) is 6.07 Å². The van der Waals surface area contributed by atoms with Gasteiger partial charge in [-0.05, 0) is 24.0 Å². The van der Waals surface area contributed by atoms with Crippen LogP contribution < -0.4 is 0 Å². The van der Waals surface area contributed by atoms with Crippen LogP contribution in [0.15, 0.2) is 36.7 Å². The molecule has 7 heteroatoms. The van der Waals surface area contributed by atoms with Crippen LogP contribution in [0.25, 0.3) is 5.69 Å². The van der Waals surface area contributed by atoms with Gasteiger partial charge in [-0.3, -0.25) is 9.80 Å². The minimum atomic E-state index is -0.278. The van der Waals surface area contributed by atoms with E-state index >= 15 is 0 Å². The molecule has 0 aliphatic carbocycles. The third-order valence-corrected chi connectivity index (χ3v) is 5.62. The average molecular weight is 374 g/mol. The number of halogens is 1. The SMILES string of the molecule is OC[C@@H]1CN(Cc2cnn(-c3ccccc3F)c2)C[C@@H]1CN1CCOCC1. The molecule has 0 spiro atoms. The Labute approximate surface area is 159 Å². The van der Waals surface area contributed by atoms with Crippen LogP contribution in [0.5, 0.6) is 0 Å². The van der Waals surface area contributed by atoms with Gasteiger partial charge in [-0.2, -0.15) is 5.10 Å². The fourth-order valence-corrected chi connectivity index (χ4v) is 4.16. The van der Waals surface area contributed by atoms with Crippen LogP contribution in [-0.4, -0.2) is 77.2 Å². The van der Waals surface area contributed by atoms with Crippen molar-refractivity contribution in [3.8, 4) is 5.69 Å². The van der Waals surface area contributed by atoms with Crippen LogP contribution in [0.4, 0.5) is 4.39 Å². The van der Waals surface area contributed by atoms with Crippen LogP contribution in [0.1, 0.15) is 5.56 Å². The number of benzene rings is 1. The van der Waals surface area contributed by atoms with Gasteiger partial charge in [0.2, 0.25) is 0 Å². The number of hydrogen-bond acceptors (Lipinski definition) is 5. The maximum Gasteiger partial charge on any atom is 0.148 e. The van der Waals surface area contributed by atoms with Crippen molar-refractivity contribution >= 4 is 0 Å². The number of hydrogen-bond donors (Lipinski definition) is 1. The Morgan fingerprint density at radius 1 is 1.11 bits per heavy atom. The van der Waals surface area contributed by atoms with E-state index in [0.29, 0.717) is 17.5 Å². The Morgan fingerprint density at radius 3 is 2.67 bits per heavy atom. The van der Waals surface area contributed by atoms with Crippen LogP contribution in [-0.2, 0) is 11.3 Å². The van der Waals surface area contributed by atoms with Crippen molar-refractivity contribution < 1.29 is 14.2 Å². The van der Waals surface area contributed by atoms with Crippen molar-refractivity contribution in [2.45, 2.75) is 6.54 Å². The van der Waals surface area contributed by atoms with Gasteiger partial charge in [-0.1, -0.05) is 12.1 Å². The predicted molar refractivity (Wildman–Crippen MR) is 100 cm³/mol. The largest absolute Gasteiger partial charge is 0.396 e. The summed E-state index contributed by atoms with van der Waals surface area (Å²) in [5, 5.41) is 14.1. The molecule has 1 aromatic heterocycles. The lowest BCUT2D eigenvalue weighted by Gasteiger charge is -2.30. The van der Waals surface area contributed by atoms with Crippen molar-refractivity contribution in [3.05, 3.63) is 48.0 Å². The zero-order valence-corrected chi connectivity index (χ0v) is 15.5. The summed E-state index contributed by atoms with van der Waals surface area (Å²) in [4.78, 5) is 4.81. The molecule has 6 nitrogen and oxygen atoms in total. The standard InChI is InChI=1S/C20H27FN4O2/c21-19-3-1-2-4-20(19)25-11-16(9-22-25)10-24-13-17(18(14-24)15-26)12-23-5-7-27-8-6-23/h1-4,9,11,17-18,26H,5-8,10,12-15H2/t17-,18-/m0/s1. The van der Waals surface area contributed by atoms with Crippen molar-refractivity contribution in [2.24, 2.45) is 11.8 Å². The van der Waals surface area contributed by atoms with Gasteiger partial charge < -0.3 is 9.84 Å². The summed E-state index contributed by atoms with van der Waals surface area (Å²) in [5.41, 5.74) is 1.52. The van der Waals surface area contributed by atoms with Gasteiger partial charge in [-0.25, -0.2) is 9.07 Å². The normalized spacial score (nSPS) is 24.5. The maximum absolute atomic E-state index is 13.9. The van der Waals surface area contributed by atoms with E-state index < -0.39 is 0 Å². The van der Waals surface area contributed by atoms with E-state index in [-0.39, 0.29) is 12.4 Å². The van der Waals surface area contributed by atoms with Crippen molar-refractivity contribution in [1.29, 1.82) is 0 Å². The highest BCUT2D eigenvalue weighted by Gasteiger charge is 2.33. The summed E-state index contributed by atoms with van der Waals surface area (Å²) < 4.78 is 21.0. The Balaban J connectivity index is 1.38. The molecule has 1 aromatic carbocycles. The lowest BCUT2D eigenvalue weighted by Crippen LogP contribution is -2.41. The first-order valence-corrected chi connectivity index (χ1v) is 9.64. The number of aromatic nitrogens is 2. The second-order valence-corrected chi connectivity index (χ2v) is 7.55. The molecular weight excluding hydrogens is 347 g/mol. The fraction of sp³-hybridized carbons (Fsp3) is 0.550. The number of aliphatic hydroxyl groups is 1. The number of para-hydroxylation sites is 1. The molecule has 27 heavy (non-hydrogen) atoms. The van der Waals surface area contributed by atoms with Gasteiger partial charge >= 0.3 is 0 Å². The van der Waals surface area contributed by atoms with Crippen LogP contribution >= 0.6 is 0 Å². The van der Waals surface area contributed by atoms with E-state index in [1.54, 1.807) is 23.0 Å². The molecule has 0 unspecified atom stereocenters. The Bertz CT molecular complexity index is 747. The molecular formula is C20H27FN4O2. The summed E-state index contributed by atoms with van der Waals surface area (Å²) in [6.45, 7) is 7.41. The third-order valence-electron chi connectivity index (χ3n) is 5.62. The predicted octanol–water partition coefficient (Wildman–Crippen LogP) is 1.38. The van der Waals surface area contributed by atoms with Crippen molar-refractivity contribution in [2.75, 3.05) is 52.5 Å². The number of nitrogens with zero attached hydrogens (tertiary/aromatic N) is 4. The quantitative estimate of drug-likeness (QED) is 0.828. The van der Waals surface area contributed by atoms with Crippen LogP contribution in [0, 0.1) is 17.7 Å². The molecule has 2 aliphatic heterocycles. The lowest BCUT2D eigenvalue weighted by molar-refractivity contribution is 0.0264. The summed E-state index contributed by atoms with van der Waals surface area (Å²) in [6, 6.07) is 6.65. The molecule has 1 N–H and O–H groups in total. The maximum atomic E-state index is 13.9. The van der Waals surface area contributed by atoms with E-state index in [0.717, 1.165) is 58.0 Å². The molecule has 3 heterocycles. The second kappa shape index (κ2) is 8.48. The van der Waals surface area contributed by atoms with Gasteiger partial charge in [0.05, 0.1) is 19.4 Å². The van der Waals surface area contributed by atoms with E-state index in [4.69, 9.17) is 4.74 Å². The second-order valence-electron chi connectivity index (χ2n) is 7.55. The molecule has 2 aromatic rings. The number of rotatable bonds is 6. The zero-order chi connectivity index (χ0) is 18.6. The molecule has 146 valence electrons. The van der Waals surface area contributed by atoms with Crippen LogP contribution in [0.2, 0.25) is 0 Å². The minimum Gasteiger partial charge on any atom is -0.396 e.